The van der Waals surface area contributed by atoms with Gasteiger partial charge < -0.3 is 10.6 Å². The molecule has 0 spiro atoms. The van der Waals surface area contributed by atoms with Gasteiger partial charge in [-0.3, -0.25) is 0 Å². The number of benzene rings is 1. The van der Waals surface area contributed by atoms with Gasteiger partial charge in [0.1, 0.15) is 0 Å². The van der Waals surface area contributed by atoms with E-state index < -0.39 is 0 Å². The number of fused-ring (bicyclic) bond motifs is 3. The Morgan fingerprint density at radius 1 is 1.15 bits per heavy atom. The van der Waals surface area contributed by atoms with Crippen molar-refractivity contribution in [1.82, 2.24) is 10.6 Å². The van der Waals surface area contributed by atoms with Crippen molar-refractivity contribution in [2.45, 2.75) is 18.5 Å². The quantitative estimate of drug-likeness (QED) is 0.609. The van der Waals surface area contributed by atoms with Gasteiger partial charge in [-0.2, -0.15) is 0 Å². The van der Waals surface area contributed by atoms with Gasteiger partial charge in [-0.15, -0.1) is 0 Å². The summed E-state index contributed by atoms with van der Waals surface area (Å²) in [6.07, 6.45) is 0. The molecule has 0 amide bonds. The maximum absolute atomic E-state index is 3.57. The van der Waals surface area contributed by atoms with Crippen LogP contribution in [0.5, 0.6) is 0 Å². The van der Waals surface area contributed by atoms with Crippen LogP contribution in [0.3, 0.4) is 0 Å². The number of hydrogen-bond donors (Lipinski definition) is 2. The summed E-state index contributed by atoms with van der Waals surface area (Å²) in [5.41, 5.74) is 3.03. The van der Waals surface area contributed by atoms with Gasteiger partial charge in [-0.25, -0.2) is 0 Å². The molecular weight excluding hydrogens is 160 g/mol. The van der Waals surface area contributed by atoms with Gasteiger partial charge in [0.25, 0.3) is 0 Å². The van der Waals surface area contributed by atoms with Crippen LogP contribution in [0.25, 0.3) is 0 Å². The first-order valence-corrected chi connectivity index (χ1v) is 4.97. The van der Waals surface area contributed by atoms with Crippen molar-refractivity contribution in [2.75, 3.05) is 13.1 Å². The van der Waals surface area contributed by atoms with Gasteiger partial charge in [0.2, 0.25) is 0 Å². The van der Waals surface area contributed by atoms with Crippen LogP contribution in [0.1, 0.15) is 17.0 Å². The minimum atomic E-state index is 0.662. The van der Waals surface area contributed by atoms with Gasteiger partial charge in [0.15, 0.2) is 0 Å². The van der Waals surface area contributed by atoms with Crippen molar-refractivity contribution in [2.24, 2.45) is 0 Å². The Morgan fingerprint density at radius 2 is 2.08 bits per heavy atom. The van der Waals surface area contributed by atoms with Crippen LogP contribution in [-0.4, -0.2) is 19.1 Å². The van der Waals surface area contributed by atoms with Crippen LogP contribution in [-0.2, 0) is 6.54 Å². The molecule has 2 N–H and O–H groups in total. The molecule has 2 aliphatic rings. The Hall–Kier alpha value is -0.860. The zero-order valence-corrected chi connectivity index (χ0v) is 7.59. The normalized spacial score (nSPS) is 31.1. The molecule has 1 fully saturated rings. The summed E-state index contributed by atoms with van der Waals surface area (Å²) in [6, 6.07) is 9.45. The molecule has 0 saturated carbocycles. The minimum absolute atomic E-state index is 0.662. The average Bonchev–Trinajstić information content (AvgIpc) is 2.65. The summed E-state index contributed by atoms with van der Waals surface area (Å²) in [5.74, 6) is 0.699. The first-order chi connectivity index (χ1) is 6.45. The summed E-state index contributed by atoms with van der Waals surface area (Å²) in [7, 11) is 0. The molecular formula is C11H14N2. The Morgan fingerprint density at radius 3 is 3.08 bits per heavy atom. The van der Waals surface area contributed by atoms with Gasteiger partial charge >= 0.3 is 0 Å². The third-order valence-corrected chi connectivity index (χ3v) is 3.22. The third kappa shape index (κ3) is 1.10. The van der Waals surface area contributed by atoms with Crippen LogP contribution in [0, 0.1) is 0 Å². The smallest absolute Gasteiger partial charge is 0.0276 e. The average molecular weight is 174 g/mol. The van der Waals surface area contributed by atoms with E-state index in [0.29, 0.717) is 12.0 Å². The van der Waals surface area contributed by atoms with Crippen LogP contribution in [0.15, 0.2) is 24.3 Å². The fourth-order valence-electron chi connectivity index (χ4n) is 2.52. The molecule has 0 aromatic heterocycles. The van der Waals surface area contributed by atoms with E-state index >= 15 is 0 Å². The predicted octanol–water partition coefficient (Wildman–Crippen LogP) is 0.845. The lowest BCUT2D eigenvalue weighted by molar-refractivity contribution is 0.471. The zero-order valence-electron chi connectivity index (χ0n) is 7.59. The van der Waals surface area contributed by atoms with Gasteiger partial charge in [0.05, 0.1) is 0 Å². The lowest BCUT2D eigenvalue weighted by Gasteiger charge is -2.28. The highest BCUT2D eigenvalue weighted by Crippen LogP contribution is 2.29. The standard InChI is InChI=1S/C11H14N2/c1-2-4-9-8(3-1)5-13-11-7-12-6-10(9)11/h1-4,10-13H,5-7H2. The maximum Gasteiger partial charge on any atom is 0.0276 e. The first-order valence-electron chi connectivity index (χ1n) is 4.97. The Labute approximate surface area is 78.3 Å². The molecule has 0 bridgehead atoms. The van der Waals surface area contributed by atoms with Crippen molar-refractivity contribution in [3.63, 3.8) is 0 Å². The molecule has 0 aliphatic carbocycles. The Bertz CT molecular complexity index is 322. The molecule has 68 valence electrons. The maximum atomic E-state index is 3.57. The zero-order chi connectivity index (χ0) is 8.67. The molecule has 13 heavy (non-hydrogen) atoms. The Kier molecular flexibility index (Phi) is 1.64. The molecule has 2 nitrogen and oxygen atoms in total. The van der Waals surface area contributed by atoms with Gasteiger partial charge in [-0.05, 0) is 11.1 Å². The summed E-state index contributed by atoms with van der Waals surface area (Å²) >= 11 is 0. The van der Waals surface area contributed by atoms with E-state index in [0.717, 1.165) is 19.6 Å². The molecule has 0 radical (unpaired) electrons. The van der Waals surface area contributed by atoms with Crippen LogP contribution >= 0.6 is 0 Å². The highest BCUT2D eigenvalue weighted by Gasteiger charge is 2.32. The number of rotatable bonds is 0. The molecule has 1 aromatic carbocycles. The van der Waals surface area contributed by atoms with Crippen molar-refractivity contribution in [3.05, 3.63) is 35.4 Å². The Balaban J connectivity index is 2.06. The number of hydrogen-bond acceptors (Lipinski definition) is 2. The molecule has 2 heterocycles. The monoisotopic (exact) mass is 174 g/mol. The van der Waals surface area contributed by atoms with Gasteiger partial charge in [-0.1, -0.05) is 24.3 Å². The highest BCUT2D eigenvalue weighted by molar-refractivity contribution is 5.35. The molecule has 2 aliphatic heterocycles. The molecule has 2 heteroatoms. The molecule has 1 saturated heterocycles. The van der Waals surface area contributed by atoms with Crippen molar-refractivity contribution < 1.29 is 0 Å². The lowest BCUT2D eigenvalue weighted by Crippen LogP contribution is -2.38. The fraction of sp³-hybridized carbons (Fsp3) is 0.455. The SMILES string of the molecule is c1ccc2c(c1)CNC1CNCC21. The summed E-state index contributed by atoms with van der Waals surface area (Å²) in [6.45, 7) is 3.30. The molecule has 1 aromatic rings. The largest absolute Gasteiger partial charge is 0.314 e. The first kappa shape index (κ1) is 7.54. The van der Waals surface area contributed by atoms with Crippen LogP contribution < -0.4 is 10.6 Å². The van der Waals surface area contributed by atoms with E-state index in [-0.39, 0.29) is 0 Å². The molecule has 2 unspecified atom stereocenters. The van der Waals surface area contributed by atoms with E-state index in [1.807, 2.05) is 0 Å². The summed E-state index contributed by atoms with van der Waals surface area (Å²) in [5, 5.41) is 7.02. The van der Waals surface area contributed by atoms with E-state index in [1.165, 1.54) is 5.56 Å². The van der Waals surface area contributed by atoms with E-state index in [4.69, 9.17) is 0 Å². The predicted molar refractivity (Wildman–Crippen MR) is 52.7 cm³/mol. The van der Waals surface area contributed by atoms with E-state index in [2.05, 4.69) is 34.9 Å². The molecule has 2 atom stereocenters. The minimum Gasteiger partial charge on any atom is -0.314 e. The van der Waals surface area contributed by atoms with E-state index in [9.17, 15) is 0 Å². The second kappa shape index (κ2) is 2.82. The second-order valence-corrected chi connectivity index (χ2v) is 3.95. The number of nitrogens with one attached hydrogen (secondary N) is 2. The summed E-state index contributed by atoms with van der Waals surface area (Å²) in [4.78, 5) is 0. The lowest BCUT2D eigenvalue weighted by atomic mass is 9.87. The van der Waals surface area contributed by atoms with Gasteiger partial charge in [0, 0.05) is 31.6 Å². The molecule has 3 rings (SSSR count). The van der Waals surface area contributed by atoms with Crippen LogP contribution in [0.2, 0.25) is 0 Å². The fourth-order valence-corrected chi connectivity index (χ4v) is 2.52. The van der Waals surface area contributed by atoms with E-state index in [1.54, 1.807) is 5.56 Å². The van der Waals surface area contributed by atoms with Crippen molar-refractivity contribution in [1.29, 1.82) is 0 Å². The van der Waals surface area contributed by atoms with Crippen molar-refractivity contribution >= 4 is 0 Å². The highest BCUT2D eigenvalue weighted by atomic mass is 15.1. The second-order valence-electron chi connectivity index (χ2n) is 3.95. The van der Waals surface area contributed by atoms with Crippen LogP contribution in [0.4, 0.5) is 0 Å². The van der Waals surface area contributed by atoms with Crippen molar-refractivity contribution in [3.8, 4) is 0 Å². The third-order valence-electron chi connectivity index (χ3n) is 3.22. The topological polar surface area (TPSA) is 24.1 Å². The summed E-state index contributed by atoms with van der Waals surface area (Å²) < 4.78 is 0.